The molecule has 1 N–H and O–H groups in total. The summed E-state index contributed by atoms with van der Waals surface area (Å²) in [5.74, 6) is 1.47. The first-order valence-corrected chi connectivity index (χ1v) is 7.06. The highest BCUT2D eigenvalue weighted by molar-refractivity contribution is 7.10. The molecule has 0 radical (unpaired) electrons. The number of aromatic nitrogens is 1. The van der Waals surface area contributed by atoms with Crippen LogP contribution in [0.25, 0.3) is 11.3 Å². The van der Waals surface area contributed by atoms with E-state index in [1.807, 2.05) is 18.2 Å². The van der Waals surface area contributed by atoms with Crippen molar-refractivity contribution in [3.63, 3.8) is 0 Å². The van der Waals surface area contributed by atoms with E-state index in [0.717, 1.165) is 30.1 Å². The highest BCUT2D eigenvalue weighted by atomic mass is 32.1. The summed E-state index contributed by atoms with van der Waals surface area (Å²) in [6.45, 7) is 2.16. The first-order chi connectivity index (χ1) is 8.88. The normalized spacial score (nSPS) is 19.1. The molecule has 0 saturated carbocycles. The number of thiazole rings is 1. The minimum atomic E-state index is 0.582. The zero-order valence-corrected chi connectivity index (χ0v) is 11.2. The lowest BCUT2D eigenvalue weighted by atomic mass is 10.1. The maximum absolute atomic E-state index is 5.39. The van der Waals surface area contributed by atoms with Gasteiger partial charge in [-0.1, -0.05) is 12.1 Å². The molecule has 1 unspecified atom stereocenters. The molecule has 0 amide bonds. The van der Waals surface area contributed by atoms with Crippen molar-refractivity contribution in [3.05, 3.63) is 34.7 Å². The fourth-order valence-electron chi connectivity index (χ4n) is 2.32. The van der Waals surface area contributed by atoms with Crippen LogP contribution in [-0.4, -0.2) is 25.2 Å². The summed E-state index contributed by atoms with van der Waals surface area (Å²) in [5.41, 5.74) is 2.10. The molecular weight excluding hydrogens is 244 g/mol. The Bertz CT molecular complexity index is 532. The van der Waals surface area contributed by atoms with Crippen LogP contribution in [0, 0.1) is 0 Å². The molecule has 0 spiro atoms. The van der Waals surface area contributed by atoms with Crippen LogP contribution in [0.15, 0.2) is 29.6 Å². The van der Waals surface area contributed by atoms with E-state index >= 15 is 0 Å². The molecule has 1 atom stereocenters. The molecule has 3 rings (SSSR count). The maximum atomic E-state index is 5.39. The number of hydrogen-bond donors (Lipinski definition) is 1. The van der Waals surface area contributed by atoms with Gasteiger partial charge in [-0.3, -0.25) is 0 Å². The van der Waals surface area contributed by atoms with Crippen LogP contribution in [-0.2, 0) is 0 Å². The van der Waals surface area contributed by atoms with Crippen LogP contribution in [0.2, 0.25) is 0 Å². The second-order valence-electron chi connectivity index (χ2n) is 4.46. The average molecular weight is 260 g/mol. The van der Waals surface area contributed by atoms with Gasteiger partial charge in [0.05, 0.1) is 17.8 Å². The second kappa shape index (κ2) is 5.08. The average Bonchev–Trinajstić information content (AvgIpc) is 3.09. The third-order valence-electron chi connectivity index (χ3n) is 3.31. The van der Waals surface area contributed by atoms with Crippen LogP contribution < -0.4 is 10.1 Å². The molecule has 0 aliphatic carbocycles. The lowest BCUT2D eigenvalue weighted by Gasteiger charge is -2.05. The topological polar surface area (TPSA) is 34.1 Å². The summed E-state index contributed by atoms with van der Waals surface area (Å²) < 4.78 is 5.39. The highest BCUT2D eigenvalue weighted by Gasteiger charge is 2.20. The maximum Gasteiger partial charge on any atom is 0.128 e. The summed E-state index contributed by atoms with van der Waals surface area (Å²) in [5, 5.41) is 6.75. The SMILES string of the molecule is COc1ccccc1-c1csc(C2CCNC2)n1. The molecule has 1 aliphatic heterocycles. The van der Waals surface area contributed by atoms with E-state index < -0.39 is 0 Å². The molecule has 0 bridgehead atoms. The number of nitrogens with zero attached hydrogens (tertiary/aromatic N) is 1. The van der Waals surface area contributed by atoms with Crippen molar-refractivity contribution >= 4 is 11.3 Å². The minimum absolute atomic E-state index is 0.582. The first kappa shape index (κ1) is 11.7. The summed E-state index contributed by atoms with van der Waals surface area (Å²) >= 11 is 1.75. The van der Waals surface area contributed by atoms with Crippen LogP contribution in [0.4, 0.5) is 0 Å². The number of benzene rings is 1. The Morgan fingerprint density at radius 2 is 2.28 bits per heavy atom. The van der Waals surface area contributed by atoms with Crippen molar-refractivity contribution in [2.24, 2.45) is 0 Å². The van der Waals surface area contributed by atoms with E-state index in [1.54, 1.807) is 18.4 Å². The van der Waals surface area contributed by atoms with Crippen molar-refractivity contribution in [3.8, 4) is 17.0 Å². The second-order valence-corrected chi connectivity index (χ2v) is 5.35. The van der Waals surface area contributed by atoms with Gasteiger partial charge < -0.3 is 10.1 Å². The van der Waals surface area contributed by atoms with Gasteiger partial charge >= 0.3 is 0 Å². The Hall–Kier alpha value is -1.39. The van der Waals surface area contributed by atoms with Crippen LogP contribution in [0.1, 0.15) is 17.3 Å². The van der Waals surface area contributed by atoms with Crippen molar-refractivity contribution in [2.45, 2.75) is 12.3 Å². The van der Waals surface area contributed by atoms with Crippen molar-refractivity contribution < 1.29 is 4.74 Å². The number of hydrogen-bond acceptors (Lipinski definition) is 4. The van der Waals surface area contributed by atoms with Crippen molar-refractivity contribution in [1.29, 1.82) is 0 Å². The molecule has 2 aromatic rings. The van der Waals surface area contributed by atoms with E-state index in [1.165, 1.54) is 11.4 Å². The Balaban J connectivity index is 1.92. The fourth-order valence-corrected chi connectivity index (χ4v) is 3.28. The van der Waals surface area contributed by atoms with E-state index in [0.29, 0.717) is 5.92 Å². The van der Waals surface area contributed by atoms with Gasteiger partial charge in [0.15, 0.2) is 0 Å². The monoisotopic (exact) mass is 260 g/mol. The summed E-state index contributed by atoms with van der Waals surface area (Å²) in [6, 6.07) is 8.04. The molecule has 1 aromatic heterocycles. The van der Waals surface area contributed by atoms with Gasteiger partial charge in [-0.2, -0.15) is 0 Å². The zero-order valence-electron chi connectivity index (χ0n) is 10.3. The fraction of sp³-hybridized carbons (Fsp3) is 0.357. The molecule has 3 nitrogen and oxygen atoms in total. The Morgan fingerprint density at radius 1 is 1.39 bits per heavy atom. The van der Waals surface area contributed by atoms with Gasteiger partial charge in [-0.15, -0.1) is 11.3 Å². The van der Waals surface area contributed by atoms with Gasteiger partial charge in [0.2, 0.25) is 0 Å². The van der Waals surface area contributed by atoms with Gasteiger partial charge in [0, 0.05) is 23.4 Å². The Morgan fingerprint density at radius 3 is 3.06 bits per heavy atom. The lowest BCUT2D eigenvalue weighted by molar-refractivity contribution is 0.416. The smallest absolute Gasteiger partial charge is 0.128 e. The van der Waals surface area contributed by atoms with Crippen molar-refractivity contribution in [1.82, 2.24) is 10.3 Å². The molecule has 18 heavy (non-hydrogen) atoms. The van der Waals surface area contributed by atoms with Gasteiger partial charge in [0.25, 0.3) is 0 Å². The zero-order chi connectivity index (χ0) is 12.4. The van der Waals surface area contributed by atoms with Crippen LogP contribution in [0.3, 0.4) is 0 Å². The van der Waals surface area contributed by atoms with Crippen LogP contribution >= 0.6 is 11.3 Å². The molecule has 4 heteroatoms. The lowest BCUT2D eigenvalue weighted by Crippen LogP contribution is -2.07. The summed E-state index contributed by atoms with van der Waals surface area (Å²) in [7, 11) is 1.70. The molecule has 1 saturated heterocycles. The molecular formula is C14H16N2OS. The molecule has 94 valence electrons. The number of para-hydroxylation sites is 1. The summed E-state index contributed by atoms with van der Waals surface area (Å²) in [6.07, 6.45) is 1.19. The third kappa shape index (κ3) is 2.13. The Labute approximate surface area is 111 Å². The molecule has 2 heterocycles. The molecule has 1 aromatic carbocycles. The van der Waals surface area contributed by atoms with E-state index in [4.69, 9.17) is 9.72 Å². The van der Waals surface area contributed by atoms with E-state index in [9.17, 15) is 0 Å². The van der Waals surface area contributed by atoms with Gasteiger partial charge in [0.1, 0.15) is 5.75 Å². The number of nitrogens with one attached hydrogen (secondary N) is 1. The van der Waals surface area contributed by atoms with E-state index in [-0.39, 0.29) is 0 Å². The van der Waals surface area contributed by atoms with Gasteiger partial charge in [-0.25, -0.2) is 4.98 Å². The number of rotatable bonds is 3. The Kier molecular flexibility index (Phi) is 3.30. The predicted molar refractivity (Wildman–Crippen MR) is 74.3 cm³/mol. The first-order valence-electron chi connectivity index (χ1n) is 6.18. The quantitative estimate of drug-likeness (QED) is 0.921. The van der Waals surface area contributed by atoms with E-state index in [2.05, 4.69) is 16.8 Å². The largest absolute Gasteiger partial charge is 0.496 e. The molecule has 1 aliphatic rings. The van der Waals surface area contributed by atoms with Gasteiger partial charge in [-0.05, 0) is 25.1 Å². The predicted octanol–water partition coefficient (Wildman–Crippen LogP) is 2.90. The van der Waals surface area contributed by atoms with Crippen molar-refractivity contribution in [2.75, 3.05) is 20.2 Å². The highest BCUT2D eigenvalue weighted by Crippen LogP contribution is 2.33. The molecule has 1 fully saturated rings. The number of methoxy groups -OCH3 is 1. The summed E-state index contributed by atoms with van der Waals surface area (Å²) in [4.78, 5) is 4.77. The third-order valence-corrected chi connectivity index (χ3v) is 4.32. The number of ether oxygens (including phenoxy) is 1. The standard InChI is InChI=1S/C14H16N2OS/c1-17-13-5-3-2-4-11(13)12-9-18-14(16-12)10-6-7-15-8-10/h2-5,9-10,15H,6-8H2,1H3. The van der Waals surface area contributed by atoms with Crippen LogP contribution in [0.5, 0.6) is 5.75 Å². The minimum Gasteiger partial charge on any atom is -0.496 e.